The van der Waals surface area contributed by atoms with E-state index in [1.165, 1.54) is 16.7 Å². The molecule has 0 spiro atoms. The molecule has 2 heterocycles. The molecule has 2 amide bonds. The fraction of sp³-hybridized carbons (Fsp3) is 0.500. The summed E-state index contributed by atoms with van der Waals surface area (Å²) in [5.74, 6) is 0.455. The lowest BCUT2D eigenvalue weighted by atomic mass is 9.93. The molecule has 24 heavy (non-hydrogen) atoms. The van der Waals surface area contributed by atoms with Gasteiger partial charge in [-0.1, -0.05) is 35.9 Å². The Labute approximate surface area is 144 Å². The van der Waals surface area contributed by atoms with Gasteiger partial charge in [0.1, 0.15) is 0 Å². The third kappa shape index (κ3) is 3.69. The van der Waals surface area contributed by atoms with E-state index in [0.717, 1.165) is 25.8 Å². The maximum Gasteiger partial charge on any atom is 0.226 e. The molecule has 3 rings (SSSR count). The predicted molar refractivity (Wildman–Crippen MR) is 95.3 cm³/mol. The normalized spacial score (nSPS) is 19.2. The lowest BCUT2D eigenvalue weighted by molar-refractivity contribution is -0.139. The summed E-state index contributed by atoms with van der Waals surface area (Å²) in [7, 11) is 0. The molecule has 4 nitrogen and oxygen atoms in total. The van der Waals surface area contributed by atoms with Crippen molar-refractivity contribution in [3.63, 3.8) is 0 Å². The van der Waals surface area contributed by atoms with Crippen LogP contribution in [0.3, 0.4) is 0 Å². The van der Waals surface area contributed by atoms with Crippen molar-refractivity contribution in [2.24, 2.45) is 5.92 Å². The van der Waals surface area contributed by atoms with E-state index in [9.17, 15) is 9.59 Å². The van der Waals surface area contributed by atoms with Crippen LogP contribution in [0.4, 0.5) is 0 Å². The first kappa shape index (κ1) is 16.7. The zero-order valence-electron chi connectivity index (χ0n) is 14.6. The van der Waals surface area contributed by atoms with E-state index in [0.29, 0.717) is 19.6 Å². The molecule has 2 aliphatic rings. The maximum absolute atomic E-state index is 12.7. The minimum absolute atomic E-state index is 0.0786. The largest absolute Gasteiger partial charge is 0.343 e. The number of rotatable bonds is 2. The first-order valence-corrected chi connectivity index (χ1v) is 8.85. The Balaban J connectivity index is 1.57. The number of carbonyl (C=O) groups excluding carboxylic acids is 2. The van der Waals surface area contributed by atoms with Gasteiger partial charge in [-0.25, -0.2) is 0 Å². The third-order valence-electron chi connectivity index (χ3n) is 5.23. The van der Waals surface area contributed by atoms with Gasteiger partial charge in [0.25, 0.3) is 0 Å². The van der Waals surface area contributed by atoms with Crippen LogP contribution in [0.5, 0.6) is 0 Å². The molecule has 1 aromatic carbocycles. The van der Waals surface area contributed by atoms with Gasteiger partial charge in [0.05, 0.1) is 0 Å². The second-order valence-corrected chi connectivity index (χ2v) is 6.91. The first-order chi connectivity index (χ1) is 11.5. The molecule has 0 aromatic heterocycles. The Bertz CT molecular complexity index is 640. The summed E-state index contributed by atoms with van der Waals surface area (Å²) in [5.41, 5.74) is 3.87. The van der Waals surface area contributed by atoms with Crippen LogP contribution < -0.4 is 0 Å². The third-order valence-corrected chi connectivity index (χ3v) is 5.23. The van der Waals surface area contributed by atoms with Crippen molar-refractivity contribution in [3.05, 3.63) is 41.5 Å². The number of benzene rings is 1. The first-order valence-electron chi connectivity index (χ1n) is 8.85. The quantitative estimate of drug-likeness (QED) is 0.838. The molecule has 0 bridgehead atoms. The second kappa shape index (κ2) is 7.20. The Kier molecular flexibility index (Phi) is 5.03. The van der Waals surface area contributed by atoms with Crippen molar-refractivity contribution in [1.82, 2.24) is 9.80 Å². The SMILES string of the molecule is CC(=O)N1CCC(C(=O)N2CC=C(c3ccc(C)cc3)CC2)CC1. The number of likely N-dealkylation sites (tertiary alicyclic amines) is 1. The van der Waals surface area contributed by atoms with Gasteiger partial charge in [-0.2, -0.15) is 0 Å². The number of piperidine rings is 1. The van der Waals surface area contributed by atoms with Gasteiger partial charge in [0.2, 0.25) is 11.8 Å². The van der Waals surface area contributed by atoms with Crippen molar-refractivity contribution in [2.45, 2.75) is 33.1 Å². The Morgan fingerprint density at radius 2 is 1.67 bits per heavy atom. The highest BCUT2D eigenvalue weighted by atomic mass is 16.2. The van der Waals surface area contributed by atoms with Crippen molar-refractivity contribution < 1.29 is 9.59 Å². The molecular weight excluding hydrogens is 300 g/mol. The van der Waals surface area contributed by atoms with Crippen molar-refractivity contribution in [1.29, 1.82) is 0 Å². The van der Waals surface area contributed by atoms with Crippen LogP contribution in [0, 0.1) is 12.8 Å². The van der Waals surface area contributed by atoms with E-state index in [2.05, 4.69) is 37.3 Å². The summed E-state index contributed by atoms with van der Waals surface area (Å²) >= 11 is 0. The summed E-state index contributed by atoms with van der Waals surface area (Å²) in [6.45, 7) is 6.62. The monoisotopic (exact) mass is 326 g/mol. The standard InChI is InChI=1S/C20H26N2O2/c1-15-3-5-17(6-4-15)18-7-13-22(14-8-18)20(24)19-9-11-21(12-10-19)16(2)23/h3-7,19H,8-14H2,1-2H3. The highest BCUT2D eigenvalue weighted by Gasteiger charge is 2.29. The van der Waals surface area contributed by atoms with Crippen molar-refractivity contribution in [2.75, 3.05) is 26.2 Å². The average molecular weight is 326 g/mol. The van der Waals surface area contributed by atoms with Crippen molar-refractivity contribution in [3.8, 4) is 0 Å². The molecule has 1 saturated heterocycles. The van der Waals surface area contributed by atoms with Gasteiger partial charge in [-0.05, 0) is 37.3 Å². The molecule has 2 aliphatic heterocycles. The zero-order valence-corrected chi connectivity index (χ0v) is 14.6. The van der Waals surface area contributed by atoms with Crippen LogP contribution in [0.1, 0.15) is 37.3 Å². The lowest BCUT2D eigenvalue weighted by Crippen LogP contribution is -2.44. The van der Waals surface area contributed by atoms with E-state index in [4.69, 9.17) is 0 Å². The molecule has 0 radical (unpaired) electrons. The maximum atomic E-state index is 12.7. The highest BCUT2D eigenvalue weighted by molar-refractivity contribution is 5.81. The summed E-state index contributed by atoms with van der Waals surface area (Å²) in [6.07, 6.45) is 4.70. The molecule has 0 saturated carbocycles. The van der Waals surface area contributed by atoms with Gasteiger partial charge in [-0.3, -0.25) is 9.59 Å². The van der Waals surface area contributed by atoms with Crippen LogP contribution in [0.25, 0.3) is 5.57 Å². The molecule has 0 atom stereocenters. The lowest BCUT2D eigenvalue weighted by Gasteiger charge is -2.35. The Hall–Kier alpha value is -2.10. The number of amides is 2. The van der Waals surface area contributed by atoms with Crippen LogP contribution >= 0.6 is 0 Å². The topological polar surface area (TPSA) is 40.6 Å². The van der Waals surface area contributed by atoms with Gasteiger partial charge in [-0.15, -0.1) is 0 Å². The number of hydrogen-bond donors (Lipinski definition) is 0. The van der Waals surface area contributed by atoms with Crippen LogP contribution in [-0.4, -0.2) is 47.8 Å². The molecule has 128 valence electrons. The summed E-state index contributed by atoms with van der Waals surface area (Å²) < 4.78 is 0. The number of nitrogens with zero attached hydrogens (tertiary/aromatic N) is 2. The van der Waals surface area contributed by atoms with Gasteiger partial charge in [0.15, 0.2) is 0 Å². The Morgan fingerprint density at radius 3 is 2.21 bits per heavy atom. The second-order valence-electron chi connectivity index (χ2n) is 6.91. The van der Waals surface area contributed by atoms with Gasteiger partial charge < -0.3 is 9.80 Å². The van der Waals surface area contributed by atoms with E-state index >= 15 is 0 Å². The minimum Gasteiger partial charge on any atom is -0.343 e. The molecular formula is C20H26N2O2. The molecule has 1 aromatic rings. The van der Waals surface area contributed by atoms with Crippen LogP contribution in [-0.2, 0) is 9.59 Å². The van der Waals surface area contributed by atoms with Crippen LogP contribution in [0.15, 0.2) is 30.3 Å². The Morgan fingerprint density at radius 1 is 1.00 bits per heavy atom. The van der Waals surface area contributed by atoms with E-state index < -0.39 is 0 Å². The van der Waals surface area contributed by atoms with Gasteiger partial charge >= 0.3 is 0 Å². The van der Waals surface area contributed by atoms with Crippen LogP contribution in [0.2, 0.25) is 0 Å². The van der Waals surface area contributed by atoms with E-state index in [1.54, 1.807) is 6.92 Å². The predicted octanol–water partition coefficient (Wildman–Crippen LogP) is 2.87. The van der Waals surface area contributed by atoms with Crippen molar-refractivity contribution >= 4 is 17.4 Å². The number of aryl methyl sites for hydroxylation is 1. The fourth-order valence-electron chi connectivity index (χ4n) is 3.60. The van der Waals surface area contributed by atoms with E-state index in [1.807, 2.05) is 9.80 Å². The molecule has 0 unspecified atom stereocenters. The molecule has 4 heteroatoms. The summed E-state index contributed by atoms with van der Waals surface area (Å²) in [6, 6.07) is 8.60. The van der Waals surface area contributed by atoms with Gasteiger partial charge in [0, 0.05) is 39.0 Å². The number of carbonyl (C=O) groups is 2. The highest BCUT2D eigenvalue weighted by Crippen LogP contribution is 2.25. The summed E-state index contributed by atoms with van der Waals surface area (Å²) in [4.78, 5) is 27.9. The number of hydrogen-bond acceptors (Lipinski definition) is 2. The molecule has 0 N–H and O–H groups in total. The van der Waals surface area contributed by atoms with E-state index in [-0.39, 0.29) is 17.7 Å². The smallest absolute Gasteiger partial charge is 0.226 e. The molecule has 0 aliphatic carbocycles. The minimum atomic E-state index is 0.0786. The summed E-state index contributed by atoms with van der Waals surface area (Å²) in [5, 5.41) is 0. The fourth-order valence-corrected chi connectivity index (χ4v) is 3.60. The average Bonchev–Trinajstić information content (AvgIpc) is 2.62. The zero-order chi connectivity index (χ0) is 17.1. The molecule has 1 fully saturated rings.